The van der Waals surface area contributed by atoms with Crippen molar-refractivity contribution in [1.29, 1.82) is 0 Å². The van der Waals surface area contributed by atoms with Crippen LogP contribution in [0.4, 0.5) is 0 Å². The second kappa shape index (κ2) is 24.9. The minimum absolute atomic E-state index is 0.250. The predicted molar refractivity (Wildman–Crippen MR) is 96.7 cm³/mol. The third-order valence-corrected chi connectivity index (χ3v) is 3.81. The van der Waals surface area contributed by atoms with Crippen molar-refractivity contribution in [2.75, 3.05) is 13.2 Å². The SMILES string of the molecule is CCCCCCCCCCCCCCCCCN.CCO. The lowest BCUT2D eigenvalue weighted by atomic mass is 10.0. The molecule has 0 amide bonds. The second-order valence-electron chi connectivity index (χ2n) is 6.05. The van der Waals surface area contributed by atoms with Crippen LogP contribution in [0.25, 0.3) is 0 Å². The van der Waals surface area contributed by atoms with Crippen molar-refractivity contribution in [2.24, 2.45) is 5.73 Å². The summed E-state index contributed by atoms with van der Waals surface area (Å²) in [5.41, 5.74) is 5.48. The van der Waals surface area contributed by atoms with Gasteiger partial charge in [0.05, 0.1) is 0 Å². The van der Waals surface area contributed by atoms with E-state index in [0.29, 0.717) is 0 Å². The van der Waals surface area contributed by atoms with Gasteiger partial charge in [0.15, 0.2) is 0 Å². The van der Waals surface area contributed by atoms with Crippen molar-refractivity contribution in [3.63, 3.8) is 0 Å². The van der Waals surface area contributed by atoms with Crippen molar-refractivity contribution in [3.05, 3.63) is 0 Å². The summed E-state index contributed by atoms with van der Waals surface area (Å²) in [4.78, 5) is 0. The monoisotopic (exact) mass is 301 g/mol. The molecular weight excluding hydrogens is 258 g/mol. The predicted octanol–water partition coefficient (Wildman–Crippen LogP) is 5.82. The highest BCUT2D eigenvalue weighted by atomic mass is 16.2. The van der Waals surface area contributed by atoms with Gasteiger partial charge in [0.2, 0.25) is 0 Å². The molecule has 130 valence electrons. The minimum atomic E-state index is 0.250. The lowest BCUT2D eigenvalue weighted by molar-refractivity contribution is 0.318. The summed E-state index contributed by atoms with van der Waals surface area (Å²) < 4.78 is 0. The molecule has 0 aliphatic rings. The van der Waals surface area contributed by atoms with Crippen LogP contribution in [0.1, 0.15) is 110 Å². The summed E-state index contributed by atoms with van der Waals surface area (Å²) >= 11 is 0. The highest BCUT2D eigenvalue weighted by Gasteiger charge is 1.93. The standard InChI is InChI=1S/C17H37N.C2H6O/c1-2-3-4-5-6-7-8-9-10-11-12-13-14-15-16-17-18;1-2-3/h2-18H2,1H3;3H,2H2,1H3. The van der Waals surface area contributed by atoms with Gasteiger partial charge in [-0.25, -0.2) is 0 Å². The summed E-state index contributed by atoms with van der Waals surface area (Å²) in [7, 11) is 0. The first-order valence-electron chi connectivity index (χ1n) is 9.64. The molecule has 3 N–H and O–H groups in total. The number of hydrogen-bond acceptors (Lipinski definition) is 2. The number of rotatable bonds is 15. The van der Waals surface area contributed by atoms with E-state index in [1.165, 1.54) is 96.3 Å². The first-order chi connectivity index (χ1) is 10.3. The van der Waals surface area contributed by atoms with E-state index < -0.39 is 0 Å². The Hall–Kier alpha value is -0.0800. The Balaban J connectivity index is 0. The Labute approximate surface area is 134 Å². The Bertz CT molecular complexity index is 135. The Morgan fingerprint density at radius 1 is 0.524 bits per heavy atom. The number of unbranched alkanes of at least 4 members (excludes halogenated alkanes) is 14. The molecule has 2 heteroatoms. The first kappa shape index (κ1) is 23.2. The third-order valence-electron chi connectivity index (χ3n) is 3.81. The number of aliphatic hydroxyl groups excluding tert-OH is 1. The zero-order valence-corrected chi connectivity index (χ0v) is 15.0. The lowest BCUT2D eigenvalue weighted by Gasteiger charge is -2.03. The maximum atomic E-state index is 7.57. The summed E-state index contributed by atoms with van der Waals surface area (Å²) in [6.07, 6.45) is 21.4. The van der Waals surface area contributed by atoms with Gasteiger partial charge in [-0.15, -0.1) is 0 Å². The van der Waals surface area contributed by atoms with Crippen molar-refractivity contribution < 1.29 is 5.11 Å². The van der Waals surface area contributed by atoms with Crippen molar-refractivity contribution in [2.45, 2.75) is 110 Å². The molecule has 0 fully saturated rings. The molecule has 0 aromatic rings. The van der Waals surface area contributed by atoms with Crippen LogP contribution in [-0.2, 0) is 0 Å². The summed E-state index contributed by atoms with van der Waals surface area (Å²) in [5.74, 6) is 0. The average molecular weight is 302 g/mol. The number of nitrogens with two attached hydrogens (primary N) is 1. The van der Waals surface area contributed by atoms with Crippen LogP contribution >= 0.6 is 0 Å². The molecule has 0 bridgehead atoms. The maximum Gasteiger partial charge on any atom is 0.0402 e. The summed E-state index contributed by atoms with van der Waals surface area (Å²) in [6, 6.07) is 0. The Kier molecular flexibility index (Phi) is 27.5. The molecule has 0 radical (unpaired) electrons. The zero-order chi connectivity index (χ0) is 16.0. The van der Waals surface area contributed by atoms with Crippen LogP contribution in [0.15, 0.2) is 0 Å². The van der Waals surface area contributed by atoms with Crippen molar-refractivity contribution in [3.8, 4) is 0 Å². The molecule has 0 aliphatic heterocycles. The van der Waals surface area contributed by atoms with Gasteiger partial charge in [-0.2, -0.15) is 0 Å². The molecule has 2 nitrogen and oxygen atoms in total. The van der Waals surface area contributed by atoms with Gasteiger partial charge < -0.3 is 10.8 Å². The topological polar surface area (TPSA) is 46.2 Å². The molecule has 0 atom stereocenters. The molecule has 0 spiro atoms. The van der Waals surface area contributed by atoms with Crippen LogP contribution in [0, 0.1) is 0 Å². The van der Waals surface area contributed by atoms with E-state index in [2.05, 4.69) is 6.92 Å². The third kappa shape index (κ3) is 28.7. The molecule has 0 aliphatic carbocycles. The molecule has 0 heterocycles. The fraction of sp³-hybridized carbons (Fsp3) is 1.00. The highest BCUT2D eigenvalue weighted by Crippen LogP contribution is 2.13. The second-order valence-corrected chi connectivity index (χ2v) is 6.05. The maximum absolute atomic E-state index is 7.57. The van der Waals surface area contributed by atoms with Crippen LogP contribution in [0.5, 0.6) is 0 Å². The normalized spacial score (nSPS) is 10.3. The summed E-state index contributed by atoms with van der Waals surface area (Å²) in [5, 5.41) is 7.57. The lowest BCUT2D eigenvalue weighted by Crippen LogP contribution is -1.97. The van der Waals surface area contributed by atoms with Crippen LogP contribution in [0.3, 0.4) is 0 Å². The molecule has 0 rings (SSSR count). The summed E-state index contributed by atoms with van der Waals surface area (Å²) in [6.45, 7) is 5.09. The largest absolute Gasteiger partial charge is 0.397 e. The Morgan fingerprint density at radius 2 is 0.762 bits per heavy atom. The molecule has 0 aromatic heterocycles. The first-order valence-corrected chi connectivity index (χ1v) is 9.64. The van der Waals surface area contributed by atoms with Crippen LogP contribution in [-0.4, -0.2) is 18.3 Å². The fourth-order valence-electron chi connectivity index (χ4n) is 2.52. The minimum Gasteiger partial charge on any atom is -0.397 e. The number of aliphatic hydroxyl groups is 1. The molecule has 0 aromatic carbocycles. The number of hydrogen-bond donors (Lipinski definition) is 2. The van der Waals surface area contributed by atoms with Crippen molar-refractivity contribution >= 4 is 0 Å². The van der Waals surface area contributed by atoms with Gasteiger partial charge >= 0.3 is 0 Å². The van der Waals surface area contributed by atoms with Gasteiger partial charge in [-0.05, 0) is 19.9 Å². The van der Waals surface area contributed by atoms with Gasteiger partial charge in [-0.3, -0.25) is 0 Å². The Morgan fingerprint density at radius 3 is 1.00 bits per heavy atom. The van der Waals surface area contributed by atoms with E-state index in [4.69, 9.17) is 10.8 Å². The quantitative estimate of drug-likeness (QED) is 0.375. The zero-order valence-electron chi connectivity index (χ0n) is 15.0. The molecule has 21 heavy (non-hydrogen) atoms. The van der Waals surface area contributed by atoms with Gasteiger partial charge in [0.25, 0.3) is 0 Å². The van der Waals surface area contributed by atoms with Crippen LogP contribution in [0.2, 0.25) is 0 Å². The molecule has 0 unspecified atom stereocenters. The molecule has 0 saturated heterocycles. The van der Waals surface area contributed by atoms with E-state index in [1.54, 1.807) is 6.92 Å². The van der Waals surface area contributed by atoms with Gasteiger partial charge in [-0.1, -0.05) is 96.8 Å². The molecule has 0 saturated carbocycles. The fourth-order valence-corrected chi connectivity index (χ4v) is 2.52. The van der Waals surface area contributed by atoms with Gasteiger partial charge in [0, 0.05) is 6.61 Å². The van der Waals surface area contributed by atoms with E-state index in [1.807, 2.05) is 0 Å². The van der Waals surface area contributed by atoms with Gasteiger partial charge in [0.1, 0.15) is 0 Å². The average Bonchev–Trinajstić information content (AvgIpc) is 2.48. The van der Waals surface area contributed by atoms with E-state index in [-0.39, 0.29) is 6.61 Å². The smallest absolute Gasteiger partial charge is 0.0402 e. The van der Waals surface area contributed by atoms with E-state index in [0.717, 1.165) is 6.54 Å². The van der Waals surface area contributed by atoms with Crippen LogP contribution < -0.4 is 5.73 Å². The van der Waals surface area contributed by atoms with E-state index >= 15 is 0 Å². The van der Waals surface area contributed by atoms with Crippen molar-refractivity contribution in [1.82, 2.24) is 0 Å². The molecular formula is C19H43NO. The highest BCUT2D eigenvalue weighted by molar-refractivity contribution is 4.49. The van der Waals surface area contributed by atoms with E-state index in [9.17, 15) is 0 Å².